The second kappa shape index (κ2) is 9.00. The SMILES string of the molecule is COc1ccccc1Oc1ccc(NC(=S)N[C@H](C)c2ccccc2)cn1. The molecule has 1 aromatic heterocycles. The Hall–Kier alpha value is -3.12. The third kappa shape index (κ3) is 5.18. The summed E-state index contributed by atoms with van der Waals surface area (Å²) in [5.74, 6) is 1.74. The lowest BCUT2D eigenvalue weighted by atomic mass is 10.1. The maximum atomic E-state index is 5.77. The molecule has 3 aromatic rings. The van der Waals surface area contributed by atoms with Gasteiger partial charge in [0.1, 0.15) is 0 Å². The van der Waals surface area contributed by atoms with Crippen LogP contribution in [0.25, 0.3) is 0 Å². The Morgan fingerprint density at radius 1 is 0.963 bits per heavy atom. The maximum Gasteiger partial charge on any atom is 0.219 e. The average molecular weight is 379 g/mol. The van der Waals surface area contributed by atoms with Gasteiger partial charge in [-0.1, -0.05) is 42.5 Å². The number of thiocarbonyl (C=S) groups is 1. The fourth-order valence-electron chi connectivity index (χ4n) is 2.52. The lowest BCUT2D eigenvalue weighted by Gasteiger charge is -2.17. The zero-order valence-electron chi connectivity index (χ0n) is 15.2. The van der Waals surface area contributed by atoms with Crippen LogP contribution in [-0.2, 0) is 0 Å². The van der Waals surface area contributed by atoms with Gasteiger partial charge < -0.3 is 20.1 Å². The van der Waals surface area contributed by atoms with E-state index in [9.17, 15) is 0 Å². The number of pyridine rings is 1. The molecule has 0 saturated heterocycles. The van der Waals surface area contributed by atoms with Crippen molar-refractivity contribution < 1.29 is 9.47 Å². The highest BCUT2D eigenvalue weighted by Gasteiger charge is 2.08. The van der Waals surface area contributed by atoms with Crippen LogP contribution in [0.15, 0.2) is 72.9 Å². The molecule has 27 heavy (non-hydrogen) atoms. The van der Waals surface area contributed by atoms with E-state index >= 15 is 0 Å². The molecule has 2 N–H and O–H groups in total. The van der Waals surface area contributed by atoms with E-state index in [4.69, 9.17) is 21.7 Å². The summed E-state index contributed by atoms with van der Waals surface area (Å²) in [5, 5.41) is 6.93. The fraction of sp³-hybridized carbons (Fsp3) is 0.143. The van der Waals surface area contributed by atoms with Crippen LogP contribution in [0.3, 0.4) is 0 Å². The minimum Gasteiger partial charge on any atom is -0.493 e. The Morgan fingerprint density at radius 2 is 1.67 bits per heavy atom. The highest BCUT2D eigenvalue weighted by Crippen LogP contribution is 2.30. The number of hydrogen-bond acceptors (Lipinski definition) is 4. The van der Waals surface area contributed by atoms with Gasteiger partial charge in [-0.2, -0.15) is 0 Å². The molecule has 0 saturated carbocycles. The summed E-state index contributed by atoms with van der Waals surface area (Å²) in [4.78, 5) is 4.31. The predicted molar refractivity (Wildman–Crippen MR) is 112 cm³/mol. The first-order chi connectivity index (χ1) is 13.2. The van der Waals surface area contributed by atoms with Crippen molar-refractivity contribution >= 4 is 23.0 Å². The van der Waals surface area contributed by atoms with Gasteiger partial charge >= 0.3 is 0 Å². The third-order valence-corrected chi connectivity index (χ3v) is 4.14. The van der Waals surface area contributed by atoms with E-state index in [-0.39, 0.29) is 6.04 Å². The summed E-state index contributed by atoms with van der Waals surface area (Å²) >= 11 is 5.39. The predicted octanol–water partition coefficient (Wildman–Crippen LogP) is 4.93. The number of benzene rings is 2. The Labute approximate surface area is 164 Å². The number of nitrogens with zero attached hydrogens (tertiary/aromatic N) is 1. The standard InChI is InChI=1S/C21H21N3O2S/c1-15(16-8-4-3-5-9-16)23-21(27)24-17-12-13-20(22-14-17)26-19-11-7-6-10-18(19)25-2/h3-15H,1-2H3,(H2,23,24,27)/t15-/m1/s1. The van der Waals surface area contributed by atoms with E-state index in [1.54, 1.807) is 19.4 Å². The fourth-order valence-corrected chi connectivity index (χ4v) is 2.81. The molecule has 0 aliphatic rings. The zero-order chi connectivity index (χ0) is 19.1. The molecular weight excluding hydrogens is 358 g/mol. The Kier molecular flexibility index (Phi) is 6.22. The average Bonchev–Trinajstić information content (AvgIpc) is 2.70. The minimum atomic E-state index is 0.104. The molecule has 0 unspecified atom stereocenters. The monoisotopic (exact) mass is 379 g/mol. The summed E-state index contributed by atoms with van der Waals surface area (Å²) in [6.45, 7) is 2.06. The van der Waals surface area contributed by atoms with Gasteiger partial charge in [0.2, 0.25) is 5.88 Å². The van der Waals surface area contributed by atoms with Crippen molar-refractivity contribution in [1.82, 2.24) is 10.3 Å². The van der Waals surface area contributed by atoms with Gasteiger partial charge in [-0.05, 0) is 42.9 Å². The molecule has 0 bridgehead atoms. The van der Waals surface area contributed by atoms with Gasteiger partial charge in [0.15, 0.2) is 16.6 Å². The van der Waals surface area contributed by atoms with Crippen molar-refractivity contribution in [2.75, 3.05) is 12.4 Å². The molecule has 3 rings (SSSR count). The number of para-hydroxylation sites is 2. The van der Waals surface area contributed by atoms with Crippen LogP contribution < -0.4 is 20.1 Å². The molecule has 0 aliphatic carbocycles. The van der Waals surface area contributed by atoms with E-state index in [0.717, 1.165) is 5.69 Å². The first kappa shape index (κ1) is 18.7. The van der Waals surface area contributed by atoms with Crippen LogP contribution in [0.1, 0.15) is 18.5 Å². The number of nitrogens with one attached hydrogen (secondary N) is 2. The number of aromatic nitrogens is 1. The highest BCUT2D eigenvalue weighted by molar-refractivity contribution is 7.80. The normalized spacial score (nSPS) is 11.3. The zero-order valence-corrected chi connectivity index (χ0v) is 16.0. The van der Waals surface area contributed by atoms with Crippen molar-refractivity contribution in [1.29, 1.82) is 0 Å². The molecule has 6 heteroatoms. The van der Waals surface area contributed by atoms with E-state index in [0.29, 0.717) is 22.5 Å². The largest absolute Gasteiger partial charge is 0.493 e. The van der Waals surface area contributed by atoms with Gasteiger partial charge in [-0.3, -0.25) is 0 Å². The van der Waals surface area contributed by atoms with Crippen LogP contribution in [0, 0.1) is 0 Å². The van der Waals surface area contributed by atoms with E-state index in [1.165, 1.54) is 5.56 Å². The number of ether oxygens (including phenoxy) is 2. The quantitative estimate of drug-likeness (QED) is 0.592. The molecule has 0 spiro atoms. The number of hydrogen-bond donors (Lipinski definition) is 2. The van der Waals surface area contributed by atoms with Crippen LogP contribution >= 0.6 is 12.2 Å². The van der Waals surface area contributed by atoms with E-state index < -0.39 is 0 Å². The Balaban J connectivity index is 1.58. The van der Waals surface area contributed by atoms with Crippen molar-refractivity contribution in [2.45, 2.75) is 13.0 Å². The highest BCUT2D eigenvalue weighted by atomic mass is 32.1. The Morgan fingerprint density at radius 3 is 2.33 bits per heavy atom. The van der Waals surface area contributed by atoms with Gasteiger partial charge in [-0.15, -0.1) is 0 Å². The molecule has 0 fully saturated rings. The summed E-state index contributed by atoms with van der Waals surface area (Å²) in [6.07, 6.45) is 1.67. The summed E-state index contributed by atoms with van der Waals surface area (Å²) in [7, 11) is 1.60. The number of methoxy groups -OCH3 is 1. The van der Waals surface area contributed by atoms with Gasteiger partial charge in [0.05, 0.1) is 25.0 Å². The van der Waals surface area contributed by atoms with Crippen LogP contribution in [0.2, 0.25) is 0 Å². The Bertz CT molecular complexity index is 885. The molecule has 1 atom stereocenters. The first-order valence-corrected chi connectivity index (χ1v) is 8.96. The summed E-state index contributed by atoms with van der Waals surface area (Å²) in [5.41, 5.74) is 1.94. The summed E-state index contributed by atoms with van der Waals surface area (Å²) in [6, 6.07) is 21.3. The van der Waals surface area contributed by atoms with E-state index in [2.05, 4.69) is 34.7 Å². The van der Waals surface area contributed by atoms with Gasteiger partial charge in [-0.25, -0.2) is 4.98 Å². The van der Waals surface area contributed by atoms with Gasteiger partial charge in [0.25, 0.3) is 0 Å². The second-order valence-corrected chi connectivity index (χ2v) is 6.28. The minimum absolute atomic E-state index is 0.104. The van der Waals surface area contributed by atoms with E-state index in [1.807, 2.05) is 48.5 Å². The van der Waals surface area contributed by atoms with Crippen molar-refractivity contribution in [3.63, 3.8) is 0 Å². The number of anilines is 1. The molecule has 2 aromatic carbocycles. The molecule has 1 heterocycles. The van der Waals surface area contributed by atoms with Crippen molar-refractivity contribution in [3.8, 4) is 17.4 Å². The molecule has 0 amide bonds. The lowest BCUT2D eigenvalue weighted by Crippen LogP contribution is -2.30. The molecule has 0 aliphatic heterocycles. The maximum absolute atomic E-state index is 5.77. The molecule has 5 nitrogen and oxygen atoms in total. The molecular formula is C21H21N3O2S. The summed E-state index contributed by atoms with van der Waals surface area (Å²) < 4.78 is 11.0. The topological polar surface area (TPSA) is 55.4 Å². The van der Waals surface area contributed by atoms with Crippen molar-refractivity contribution in [3.05, 3.63) is 78.5 Å². The van der Waals surface area contributed by atoms with Gasteiger partial charge in [0, 0.05) is 6.07 Å². The van der Waals surface area contributed by atoms with Crippen LogP contribution in [0.4, 0.5) is 5.69 Å². The third-order valence-electron chi connectivity index (χ3n) is 3.92. The smallest absolute Gasteiger partial charge is 0.219 e. The number of rotatable bonds is 6. The molecule has 0 radical (unpaired) electrons. The van der Waals surface area contributed by atoms with Crippen molar-refractivity contribution in [2.24, 2.45) is 0 Å². The lowest BCUT2D eigenvalue weighted by molar-refractivity contribution is 0.374. The second-order valence-electron chi connectivity index (χ2n) is 5.87. The van der Waals surface area contributed by atoms with Crippen LogP contribution in [-0.4, -0.2) is 17.2 Å². The first-order valence-electron chi connectivity index (χ1n) is 8.55. The molecule has 138 valence electrons. The van der Waals surface area contributed by atoms with Crippen LogP contribution in [0.5, 0.6) is 17.4 Å².